The van der Waals surface area contributed by atoms with Crippen molar-refractivity contribution in [2.75, 3.05) is 6.54 Å². The first-order valence-corrected chi connectivity index (χ1v) is 6.22. The van der Waals surface area contributed by atoms with E-state index in [1.807, 2.05) is 0 Å². The molecule has 0 spiro atoms. The van der Waals surface area contributed by atoms with E-state index in [1.165, 1.54) is 18.5 Å². The Kier molecular flexibility index (Phi) is 4.39. The van der Waals surface area contributed by atoms with E-state index in [-0.39, 0.29) is 5.56 Å². The van der Waals surface area contributed by atoms with Crippen molar-refractivity contribution in [3.8, 4) is 0 Å². The van der Waals surface area contributed by atoms with Crippen LogP contribution < -0.4 is 5.32 Å². The van der Waals surface area contributed by atoms with Crippen LogP contribution >= 0.6 is 0 Å². The van der Waals surface area contributed by atoms with Gasteiger partial charge >= 0.3 is 6.18 Å². The third-order valence-corrected chi connectivity index (χ3v) is 3.01. The molecule has 1 atom stereocenters. The lowest BCUT2D eigenvalue weighted by Gasteiger charge is -2.19. The molecular formula is C13H15F3N4. The predicted molar refractivity (Wildman–Crippen MR) is 67.9 cm³/mol. The van der Waals surface area contributed by atoms with Gasteiger partial charge in [-0.3, -0.25) is 5.10 Å². The standard InChI is InChI=1S/C13H15F3N4/c1-9(17-7-6-12-18-8-19-20-12)10-4-2-3-5-11(10)13(14,15)16/h2-5,8-9,17H,6-7H2,1H3,(H,18,19,20). The molecule has 1 aromatic carbocycles. The van der Waals surface area contributed by atoms with Gasteiger partial charge in [0.1, 0.15) is 12.2 Å². The first-order chi connectivity index (χ1) is 9.48. The van der Waals surface area contributed by atoms with Gasteiger partial charge in [-0.1, -0.05) is 18.2 Å². The van der Waals surface area contributed by atoms with Crippen LogP contribution in [0.25, 0.3) is 0 Å². The number of benzene rings is 1. The maximum Gasteiger partial charge on any atom is 0.416 e. The van der Waals surface area contributed by atoms with E-state index in [0.717, 1.165) is 6.07 Å². The second-order valence-electron chi connectivity index (χ2n) is 4.44. The van der Waals surface area contributed by atoms with Crippen molar-refractivity contribution in [1.82, 2.24) is 20.5 Å². The molecule has 1 heterocycles. The van der Waals surface area contributed by atoms with E-state index >= 15 is 0 Å². The molecule has 0 radical (unpaired) electrons. The molecule has 20 heavy (non-hydrogen) atoms. The molecule has 108 valence electrons. The molecular weight excluding hydrogens is 269 g/mol. The molecule has 0 aliphatic heterocycles. The van der Waals surface area contributed by atoms with Gasteiger partial charge < -0.3 is 5.32 Å². The highest BCUT2D eigenvalue weighted by Crippen LogP contribution is 2.34. The van der Waals surface area contributed by atoms with Crippen molar-refractivity contribution in [3.63, 3.8) is 0 Å². The van der Waals surface area contributed by atoms with Crippen molar-refractivity contribution in [1.29, 1.82) is 0 Å². The average Bonchev–Trinajstić information content (AvgIpc) is 2.91. The number of hydrogen-bond acceptors (Lipinski definition) is 3. The van der Waals surface area contributed by atoms with E-state index < -0.39 is 17.8 Å². The van der Waals surface area contributed by atoms with Gasteiger partial charge in [-0.05, 0) is 18.6 Å². The molecule has 0 aliphatic carbocycles. The van der Waals surface area contributed by atoms with Gasteiger partial charge in [0.15, 0.2) is 0 Å². The van der Waals surface area contributed by atoms with Crippen LogP contribution in [0.15, 0.2) is 30.6 Å². The summed E-state index contributed by atoms with van der Waals surface area (Å²) in [5.41, 5.74) is -0.350. The first-order valence-electron chi connectivity index (χ1n) is 6.22. The van der Waals surface area contributed by atoms with Crippen LogP contribution in [0.1, 0.15) is 29.9 Å². The third kappa shape index (κ3) is 3.57. The molecule has 0 saturated carbocycles. The number of aromatic amines is 1. The van der Waals surface area contributed by atoms with Crippen molar-refractivity contribution >= 4 is 0 Å². The van der Waals surface area contributed by atoms with Gasteiger partial charge in [0.2, 0.25) is 0 Å². The topological polar surface area (TPSA) is 53.6 Å². The van der Waals surface area contributed by atoms with Crippen molar-refractivity contribution < 1.29 is 13.2 Å². The predicted octanol–water partition coefficient (Wildman–Crippen LogP) is 2.72. The number of rotatable bonds is 5. The Morgan fingerprint density at radius 1 is 1.30 bits per heavy atom. The number of hydrogen-bond donors (Lipinski definition) is 2. The first kappa shape index (κ1) is 14.5. The molecule has 1 aromatic heterocycles. The second-order valence-corrected chi connectivity index (χ2v) is 4.44. The SMILES string of the molecule is CC(NCCc1ncn[nH]1)c1ccccc1C(F)(F)F. The molecule has 0 fully saturated rings. The fourth-order valence-corrected chi connectivity index (χ4v) is 2.00. The molecule has 0 aliphatic rings. The number of halogens is 3. The van der Waals surface area contributed by atoms with Gasteiger partial charge in [0.25, 0.3) is 0 Å². The summed E-state index contributed by atoms with van der Waals surface area (Å²) in [4.78, 5) is 3.96. The quantitative estimate of drug-likeness (QED) is 0.887. The maximum absolute atomic E-state index is 12.9. The van der Waals surface area contributed by atoms with Crippen LogP contribution in [0.2, 0.25) is 0 Å². The summed E-state index contributed by atoms with van der Waals surface area (Å²) >= 11 is 0. The summed E-state index contributed by atoms with van der Waals surface area (Å²) in [5.74, 6) is 0.703. The largest absolute Gasteiger partial charge is 0.416 e. The van der Waals surface area contributed by atoms with Crippen molar-refractivity contribution in [3.05, 3.63) is 47.5 Å². The van der Waals surface area contributed by atoms with Crippen LogP contribution in [0, 0.1) is 0 Å². The molecule has 0 amide bonds. The smallest absolute Gasteiger partial charge is 0.310 e. The zero-order valence-corrected chi connectivity index (χ0v) is 10.9. The fourth-order valence-electron chi connectivity index (χ4n) is 2.00. The lowest BCUT2D eigenvalue weighted by atomic mass is 10.0. The number of aromatic nitrogens is 3. The highest BCUT2D eigenvalue weighted by atomic mass is 19.4. The molecule has 0 saturated heterocycles. The summed E-state index contributed by atoms with van der Waals surface area (Å²) in [6, 6.07) is 5.21. The molecule has 7 heteroatoms. The highest BCUT2D eigenvalue weighted by Gasteiger charge is 2.33. The summed E-state index contributed by atoms with van der Waals surface area (Å²) in [6.07, 6.45) is -2.35. The Morgan fingerprint density at radius 2 is 2.05 bits per heavy atom. The number of nitrogens with zero attached hydrogens (tertiary/aromatic N) is 2. The maximum atomic E-state index is 12.9. The zero-order valence-electron chi connectivity index (χ0n) is 10.9. The average molecular weight is 284 g/mol. The summed E-state index contributed by atoms with van der Waals surface area (Å²) in [6.45, 7) is 2.23. The van der Waals surface area contributed by atoms with Gasteiger partial charge in [-0.2, -0.15) is 18.3 Å². The number of H-pyrrole nitrogens is 1. The normalized spacial score (nSPS) is 13.4. The minimum absolute atomic E-state index is 0.248. The summed E-state index contributed by atoms with van der Waals surface area (Å²) in [7, 11) is 0. The minimum Gasteiger partial charge on any atom is -0.310 e. The monoisotopic (exact) mass is 284 g/mol. The lowest BCUT2D eigenvalue weighted by molar-refractivity contribution is -0.138. The summed E-state index contributed by atoms with van der Waals surface area (Å²) < 4.78 is 38.7. The Balaban J connectivity index is 2.00. The van der Waals surface area contributed by atoms with Crippen LogP contribution in [0.4, 0.5) is 13.2 Å². The van der Waals surface area contributed by atoms with E-state index in [9.17, 15) is 13.2 Å². The van der Waals surface area contributed by atoms with E-state index in [4.69, 9.17) is 0 Å². The Hall–Kier alpha value is -1.89. The van der Waals surface area contributed by atoms with Gasteiger partial charge in [0, 0.05) is 19.0 Å². The molecule has 2 N–H and O–H groups in total. The van der Waals surface area contributed by atoms with Crippen molar-refractivity contribution in [2.45, 2.75) is 25.6 Å². The Labute approximate surface area is 114 Å². The van der Waals surface area contributed by atoms with Crippen LogP contribution in [0.5, 0.6) is 0 Å². The lowest BCUT2D eigenvalue weighted by Crippen LogP contribution is -2.24. The second kappa shape index (κ2) is 6.04. The Morgan fingerprint density at radius 3 is 2.70 bits per heavy atom. The molecule has 1 unspecified atom stereocenters. The molecule has 0 bridgehead atoms. The van der Waals surface area contributed by atoms with Gasteiger partial charge in [-0.15, -0.1) is 0 Å². The van der Waals surface area contributed by atoms with E-state index in [1.54, 1.807) is 13.0 Å². The number of nitrogens with one attached hydrogen (secondary N) is 2. The van der Waals surface area contributed by atoms with Crippen LogP contribution in [-0.4, -0.2) is 21.7 Å². The van der Waals surface area contributed by atoms with Crippen molar-refractivity contribution in [2.24, 2.45) is 0 Å². The highest BCUT2D eigenvalue weighted by molar-refractivity contribution is 5.32. The van der Waals surface area contributed by atoms with E-state index in [0.29, 0.717) is 18.8 Å². The third-order valence-electron chi connectivity index (χ3n) is 3.01. The fraction of sp³-hybridized carbons (Fsp3) is 0.385. The van der Waals surface area contributed by atoms with Gasteiger partial charge in [-0.25, -0.2) is 4.98 Å². The Bertz CT molecular complexity index is 537. The minimum atomic E-state index is -4.34. The van der Waals surface area contributed by atoms with Crippen LogP contribution in [0.3, 0.4) is 0 Å². The number of alkyl halides is 3. The van der Waals surface area contributed by atoms with Gasteiger partial charge in [0.05, 0.1) is 5.56 Å². The zero-order chi connectivity index (χ0) is 14.6. The molecule has 2 rings (SSSR count). The van der Waals surface area contributed by atoms with Crippen LogP contribution in [-0.2, 0) is 12.6 Å². The molecule has 2 aromatic rings. The van der Waals surface area contributed by atoms with E-state index in [2.05, 4.69) is 20.5 Å². The molecule has 4 nitrogen and oxygen atoms in total. The summed E-state index contributed by atoms with van der Waals surface area (Å²) in [5, 5.41) is 9.48.